The fourth-order valence-corrected chi connectivity index (χ4v) is 3.90. The molecule has 0 unspecified atom stereocenters. The molecule has 134 valence electrons. The van der Waals surface area contributed by atoms with E-state index in [-0.39, 0.29) is 5.92 Å². The van der Waals surface area contributed by atoms with E-state index in [1.807, 2.05) is 4.90 Å². The third kappa shape index (κ3) is 4.65. The SMILES string of the molecule is N#Cc1ccc(Cl)cc1NCCN1CCN(C(=O)C2CCCC2)CC1. The van der Waals surface area contributed by atoms with Crippen LogP contribution in [0.1, 0.15) is 31.2 Å². The van der Waals surface area contributed by atoms with Crippen LogP contribution in [0.4, 0.5) is 5.69 Å². The summed E-state index contributed by atoms with van der Waals surface area (Å²) < 4.78 is 0. The van der Waals surface area contributed by atoms with Crippen LogP contribution in [0.3, 0.4) is 0 Å². The average Bonchev–Trinajstić information content (AvgIpc) is 3.17. The van der Waals surface area contributed by atoms with Crippen LogP contribution >= 0.6 is 11.6 Å². The number of rotatable bonds is 5. The molecular formula is C19H25ClN4O. The Balaban J connectivity index is 1.42. The van der Waals surface area contributed by atoms with E-state index in [4.69, 9.17) is 16.9 Å². The van der Waals surface area contributed by atoms with Gasteiger partial charge >= 0.3 is 0 Å². The van der Waals surface area contributed by atoms with Gasteiger partial charge in [0.15, 0.2) is 0 Å². The molecule has 1 aliphatic heterocycles. The summed E-state index contributed by atoms with van der Waals surface area (Å²) in [5, 5.41) is 13.1. The van der Waals surface area contributed by atoms with Gasteiger partial charge in [0.25, 0.3) is 0 Å². The van der Waals surface area contributed by atoms with Gasteiger partial charge in [-0.2, -0.15) is 5.26 Å². The van der Waals surface area contributed by atoms with Crippen molar-refractivity contribution in [3.8, 4) is 6.07 Å². The van der Waals surface area contributed by atoms with E-state index in [0.717, 1.165) is 57.8 Å². The fourth-order valence-electron chi connectivity index (χ4n) is 3.73. The Kier molecular flexibility index (Phi) is 6.17. The predicted molar refractivity (Wildman–Crippen MR) is 99.6 cm³/mol. The minimum absolute atomic E-state index is 0.278. The number of carbonyl (C=O) groups is 1. The average molecular weight is 361 g/mol. The van der Waals surface area contributed by atoms with E-state index in [1.54, 1.807) is 18.2 Å². The first-order valence-corrected chi connectivity index (χ1v) is 9.50. The number of anilines is 1. The van der Waals surface area contributed by atoms with Crippen LogP contribution in [-0.4, -0.2) is 55.0 Å². The number of piperazine rings is 1. The van der Waals surface area contributed by atoms with Crippen LogP contribution in [0.25, 0.3) is 0 Å². The van der Waals surface area contributed by atoms with E-state index >= 15 is 0 Å². The lowest BCUT2D eigenvalue weighted by Gasteiger charge is -2.36. The molecular weight excluding hydrogens is 336 g/mol. The van der Waals surface area contributed by atoms with Gasteiger partial charge in [-0.15, -0.1) is 0 Å². The molecule has 1 aromatic rings. The topological polar surface area (TPSA) is 59.4 Å². The third-order valence-corrected chi connectivity index (χ3v) is 5.47. The van der Waals surface area contributed by atoms with Crippen LogP contribution < -0.4 is 5.32 Å². The molecule has 0 spiro atoms. The number of carbonyl (C=O) groups excluding carboxylic acids is 1. The number of hydrogen-bond acceptors (Lipinski definition) is 4. The number of halogens is 1. The van der Waals surface area contributed by atoms with Crippen molar-refractivity contribution in [1.29, 1.82) is 5.26 Å². The summed E-state index contributed by atoms with van der Waals surface area (Å²) in [5.74, 6) is 0.647. The summed E-state index contributed by atoms with van der Waals surface area (Å²) in [5.41, 5.74) is 1.39. The minimum atomic E-state index is 0.278. The van der Waals surface area contributed by atoms with Gasteiger partial charge < -0.3 is 10.2 Å². The molecule has 2 fully saturated rings. The van der Waals surface area contributed by atoms with Gasteiger partial charge in [0.1, 0.15) is 6.07 Å². The number of nitrogens with zero attached hydrogens (tertiary/aromatic N) is 3. The highest BCUT2D eigenvalue weighted by atomic mass is 35.5. The summed E-state index contributed by atoms with van der Waals surface area (Å²) in [4.78, 5) is 16.9. The number of amides is 1. The molecule has 0 radical (unpaired) electrons. The molecule has 1 N–H and O–H groups in total. The smallest absolute Gasteiger partial charge is 0.225 e. The first-order valence-electron chi connectivity index (χ1n) is 9.12. The quantitative estimate of drug-likeness (QED) is 0.877. The molecule has 1 aromatic carbocycles. The Morgan fingerprint density at radius 3 is 2.64 bits per heavy atom. The van der Waals surface area contributed by atoms with Crippen molar-refractivity contribution < 1.29 is 4.79 Å². The number of hydrogen-bond donors (Lipinski definition) is 1. The highest BCUT2D eigenvalue weighted by Gasteiger charge is 2.29. The van der Waals surface area contributed by atoms with Gasteiger partial charge in [-0.05, 0) is 31.0 Å². The lowest BCUT2D eigenvalue weighted by molar-refractivity contribution is -0.137. The van der Waals surface area contributed by atoms with Crippen molar-refractivity contribution in [2.75, 3.05) is 44.6 Å². The maximum atomic E-state index is 12.5. The molecule has 0 aromatic heterocycles. The van der Waals surface area contributed by atoms with Gasteiger partial charge in [-0.1, -0.05) is 24.4 Å². The van der Waals surface area contributed by atoms with Crippen molar-refractivity contribution in [3.05, 3.63) is 28.8 Å². The Bertz CT molecular complexity index is 643. The first kappa shape index (κ1) is 18.0. The van der Waals surface area contributed by atoms with E-state index < -0.39 is 0 Å². The molecule has 1 amide bonds. The first-order chi connectivity index (χ1) is 12.2. The molecule has 25 heavy (non-hydrogen) atoms. The van der Waals surface area contributed by atoms with Crippen molar-refractivity contribution in [2.45, 2.75) is 25.7 Å². The summed E-state index contributed by atoms with van der Waals surface area (Å²) >= 11 is 6.00. The Morgan fingerprint density at radius 2 is 1.96 bits per heavy atom. The van der Waals surface area contributed by atoms with Crippen molar-refractivity contribution >= 4 is 23.2 Å². The van der Waals surface area contributed by atoms with Crippen LogP contribution in [0.15, 0.2) is 18.2 Å². The second kappa shape index (κ2) is 8.55. The molecule has 1 heterocycles. The van der Waals surface area contributed by atoms with Crippen molar-refractivity contribution in [2.24, 2.45) is 5.92 Å². The molecule has 6 heteroatoms. The predicted octanol–water partition coefficient (Wildman–Crippen LogP) is 2.96. The van der Waals surface area contributed by atoms with Gasteiger partial charge in [0.2, 0.25) is 5.91 Å². The van der Waals surface area contributed by atoms with E-state index in [0.29, 0.717) is 16.5 Å². The Labute approximate surface area is 154 Å². The maximum absolute atomic E-state index is 12.5. The van der Waals surface area contributed by atoms with E-state index in [9.17, 15) is 4.79 Å². The zero-order valence-electron chi connectivity index (χ0n) is 14.5. The Hall–Kier alpha value is -1.77. The lowest BCUT2D eigenvalue weighted by atomic mass is 10.1. The maximum Gasteiger partial charge on any atom is 0.225 e. The molecule has 3 rings (SSSR count). The molecule has 1 saturated carbocycles. The van der Waals surface area contributed by atoms with Gasteiger partial charge in [-0.25, -0.2) is 0 Å². The zero-order chi connectivity index (χ0) is 17.6. The van der Waals surface area contributed by atoms with Gasteiger partial charge in [-0.3, -0.25) is 9.69 Å². The minimum Gasteiger partial charge on any atom is -0.383 e. The van der Waals surface area contributed by atoms with E-state index in [1.165, 1.54) is 12.8 Å². The highest BCUT2D eigenvalue weighted by Crippen LogP contribution is 2.27. The summed E-state index contributed by atoms with van der Waals surface area (Å²) in [6, 6.07) is 7.43. The van der Waals surface area contributed by atoms with Crippen molar-refractivity contribution in [3.63, 3.8) is 0 Å². The van der Waals surface area contributed by atoms with Gasteiger partial charge in [0.05, 0.1) is 11.3 Å². The number of benzene rings is 1. The largest absolute Gasteiger partial charge is 0.383 e. The van der Waals surface area contributed by atoms with Crippen LogP contribution in [0.5, 0.6) is 0 Å². The van der Waals surface area contributed by atoms with E-state index in [2.05, 4.69) is 16.3 Å². The third-order valence-electron chi connectivity index (χ3n) is 5.23. The summed E-state index contributed by atoms with van der Waals surface area (Å²) in [7, 11) is 0. The monoisotopic (exact) mass is 360 g/mol. The molecule has 1 aliphatic carbocycles. The molecule has 0 atom stereocenters. The fraction of sp³-hybridized carbons (Fsp3) is 0.579. The lowest BCUT2D eigenvalue weighted by Crippen LogP contribution is -2.50. The number of nitrogens with one attached hydrogen (secondary N) is 1. The second-order valence-corrected chi connectivity index (χ2v) is 7.31. The van der Waals surface area contributed by atoms with Crippen LogP contribution in [0, 0.1) is 17.2 Å². The normalized spacial score (nSPS) is 19.0. The summed E-state index contributed by atoms with van der Waals surface area (Å²) in [6.45, 7) is 5.14. The van der Waals surface area contributed by atoms with Crippen LogP contribution in [0.2, 0.25) is 5.02 Å². The molecule has 5 nitrogen and oxygen atoms in total. The molecule has 2 aliphatic rings. The number of nitriles is 1. The standard InChI is InChI=1S/C19H25ClN4O/c20-17-6-5-16(14-21)18(13-17)22-7-8-23-9-11-24(12-10-23)19(25)15-3-1-2-4-15/h5-6,13,15,22H,1-4,7-12H2. The molecule has 0 bridgehead atoms. The van der Waals surface area contributed by atoms with Crippen molar-refractivity contribution in [1.82, 2.24) is 9.80 Å². The zero-order valence-corrected chi connectivity index (χ0v) is 15.3. The van der Waals surface area contributed by atoms with Gasteiger partial charge in [0, 0.05) is 50.2 Å². The highest BCUT2D eigenvalue weighted by molar-refractivity contribution is 6.30. The molecule has 1 saturated heterocycles. The summed E-state index contributed by atoms with van der Waals surface area (Å²) in [6.07, 6.45) is 4.56. The second-order valence-electron chi connectivity index (χ2n) is 6.88. The Morgan fingerprint density at radius 1 is 1.24 bits per heavy atom. The van der Waals surface area contributed by atoms with Crippen LogP contribution in [-0.2, 0) is 4.79 Å².